The zero-order valence-corrected chi connectivity index (χ0v) is 13.3. The van der Waals surface area contributed by atoms with Gasteiger partial charge in [0.1, 0.15) is 5.75 Å². The molecule has 0 radical (unpaired) electrons. The van der Waals surface area contributed by atoms with Gasteiger partial charge in [-0.3, -0.25) is 4.79 Å². The fourth-order valence-electron chi connectivity index (χ4n) is 1.63. The number of rotatable bonds is 6. The van der Waals surface area contributed by atoms with Crippen LogP contribution < -0.4 is 4.74 Å². The van der Waals surface area contributed by atoms with E-state index < -0.39 is 5.60 Å². The Hall–Kier alpha value is -0.870. The average Bonchev–Trinajstić information content (AvgIpc) is 2.37. The zero-order chi connectivity index (χ0) is 14.5. The normalized spacial score (nSPS) is 11.2. The number of amides is 1. The average molecular weight is 302 g/mol. The largest absolute Gasteiger partial charge is 0.478 e. The summed E-state index contributed by atoms with van der Waals surface area (Å²) in [5, 5.41) is 0.647. The number of halogens is 1. The Bertz CT molecular complexity index is 420. The first-order valence-corrected chi connectivity index (χ1v) is 7.83. The van der Waals surface area contributed by atoms with Crippen molar-refractivity contribution in [3.05, 3.63) is 29.3 Å². The van der Waals surface area contributed by atoms with Gasteiger partial charge < -0.3 is 9.64 Å². The first-order chi connectivity index (χ1) is 8.86. The van der Waals surface area contributed by atoms with Gasteiger partial charge in [-0.1, -0.05) is 11.6 Å². The molecule has 0 aliphatic rings. The molecule has 0 aliphatic heterocycles. The molecule has 1 rings (SSSR count). The second-order valence-corrected chi connectivity index (χ2v) is 6.21. The molecule has 1 aromatic carbocycles. The summed E-state index contributed by atoms with van der Waals surface area (Å²) in [6.07, 6.45) is 2.02. The Morgan fingerprint density at radius 1 is 1.37 bits per heavy atom. The number of ether oxygens (including phenoxy) is 1. The van der Waals surface area contributed by atoms with E-state index in [1.54, 1.807) is 61.8 Å². The molecule has 0 fully saturated rings. The van der Waals surface area contributed by atoms with E-state index in [0.29, 0.717) is 17.3 Å². The van der Waals surface area contributed by atoms with Crippen LogP contribution in [0.5, 0.6) is 5.75 Å². The fourth-order valence-corrected chi connectivity index (χ4v) is 2.21. The third-order valence-electron chi connectivity index (χ3n) is 2.68. The van der Waals surface area contributed by atoms with Crippen molar-refractivity contribution < 1.29 is 9.53 Å². The summed E-state index contributed by atoms with van der Waals surface area (Å²) >= 11 is 7.53. The van der Waals surface area contributed by atoms with Crippen LogP contribution in [0.3, 0.4) is 0 Å². The van der Waals surface area contributed by atoms with Crippen LogP contribution in [0.4, 0.5) is 0 Å². The minimum Gasteiger partial charge on any atom is -0.478 e. The maximum Gasteiger partial charge on any atom is 0.265 e. The lowest BCUT2D eigenvalue weighted by Crippen LogP contribution is -2.47. The highest BCUT2D eigenvalue weighted by molar-refractivity contribution is 7.98. The van der Waals surface area contributed by atoms with Gasteiger partial charge in [0.05, 0.1) is 0 Å². The van der Waals surface area contributed by atoms with Crippen LogP contribution in [0, 0.1) is 0 Å². The Labute approximate surface area is 124 Å². The number of likely N-dealkylation sites (N-methyl/N-ethyl adjacent to an activating group) is 1. The molecule has 106 valence electrons. The quantitative estimate of drug-likeness (QED) is 0.807. The van der Waals surface area contributed by atoms with Crippen molar-refractivity contribution in [2.24, 2.45) is 0 Å². The van der Waals surface area contributed by atoms with Gasteiger partial charge in [-0.15, -0.1) is 0 Å². The lowest BCUT2D eigenvalue weighted by Gasteiger charge is -2.30. The van der Waals surface area contributed by atoms with Gasteiger partial charge in [-0.25, -0.2) is 0 Å². The predicted molar refractivity (Wildman–Crippen MR) is 82.2 cm³/mol. The molecule has 0 aromatic heterocycles. The minimum absolute atomic E-state index is 0.0310. The highest BCUT2D eigenvalue weighted by Gasteiger charge is 2.32. The third kappa shape index (κ3) is 4.96. The Kier molecular flexibility index (Phi) is 6.01. The van der Waals surface area contributed by atoms with Gasteiger partial charge in [-0.2, -0.15) is 11.8 Å². The predicted octanol–water partition coefficient (Wildman–Crippen LogP) is 3.32. The monoisotopic (exact) mass is 301 g/mol. The van der Waals surface area contributed by atoms with Crippen molar-refractivity contribution in [2.45, 2.75) is 19.4 Å². The minimum atomic E-state index is -0.888. The SMILES string of the molecule is CSCCN(C)C(=O)C(C)(C)Oc1ccc(Cl)cc1. The van der Waals surface area contributed by atoms with Crippen LogP contribution >= 0.6 is 23.4 Å². The molecule has 0 saturated heterocycles. The molecule has 0 unspecified atom stereocenters. The van der Waals surface area contributed by atoms with Gasteiger partial charge in [-0.05, 0) is 44.4 Å². The van der Waals surface area contributed by atoms with Crippen molar-refractivity contribution >= 4 is 29.3 Å². The number of thioether (sulfide) groups is 1. The number of benzene rings is 1. The second-order valence-electron chi connectivity index (χ2n) is 4.79. The maximum absolute atomic E-state index is 12.3. The number of carbonyl (C=O) groups excluding carboxylic acids is 1. The third-order valence-corrected chi connectivity index (χ3v) is 3.52. The van der Waals surface area contributed by atoms with E-state index in [1.807, 2.05) is 6.26 Å². The van der Waals surface area contributed by atoms with Crippen molar-refractivity contribution in [1.82, 2.24) is 4.90 Å². The second kappa shape index (κ2) is 7.06. The summed E-state index contributed by atoms with van der Waals surface area (Å²) in [6, 6.07) is 7.02. The van der Waals surface area contributed by atoms with Crippen molar-refractivity contribution in [3.63, 3.8) is 0 Å². The number of hydrogen-bond donors (Lipinski definition) is 0. The molecule has 1 amide bonds. The number of carbonyl (C=O) groups is 1. The number of nitrogens with zero attached hydrogens (tertiary/aromatic N) is 1. The first kappa shape index (κ1) is 16.2. The maximum atomic E-state index is 12.3. The van der Waals surface area contributed by atoms with Crippen LogP contribution in [0.25, 0.3) is 0 Å². The summed E-state index contributed by atoms with van der Waals surface area (Å²) in [5.74, 6) is 1.52. The lowest BCUT2D eigenvalue weighted by molar-refractivity contribution is -0.143. The molecule has 0 saturated carbocycles. The van der Waals surface area contributed by atoms with Gasteiger partial charge >= 0.3 is 0 Å². The van der Waals surface area contributed by atoms with E-state index in [2.05, 4.69) is 0 Å². The summed E-state index contributed by atoms with van der Waals surface area (Å²) in [4.78, 5) is 14.0. The highest BCUT2D eigenvalue weighted by Crippen LogP contribution is 2.22. The molecule has 3 nitrogen and oxygen atoms in total. The fraction of sp³-hybridized carbons (Fsp3) is 0.500. The molecule has 0 N–H and O–H groups in total. The summed E-state index contributed by atoms with van der Waals surface area (Å²) in [7, 11) is 1.80. The lowest BCUT2D eigenvalue weighted by atomic mass is 10.1. The molecule has 0 aliphatic carbocycles. The molecular formula is C14H20ClNO2S. The number of hydrogen-bond acceptors (Lipinski definition) is 3. The molecule has 0 spiro atoms. The van der Waals surface area contributed by atoms with E-state index in [0.717, 1.165) is 5.75 Å². The van der Waals surface area contributed by atoms with Crippen LogP contribution in [0.1, 0.15) is 13.8 Å². The Morgan fingerprint density at radius 3 is 2.47 bits per heavy atom. The first-order valence-electron chi connectivity index (χ1n) is 6.06. The van der Waals surface area contributed by atoms with Gasteiger partial charge in [0.25, 0.3) is 5.91 Å². The highest BCUT2D eigenvalue weighted by atomic mass is 35.5. The van der Waals surface area contributed by atoms with E-state index in [-0.39, 0.29) is 5.91 Å². The molecule has 1 aromatic rings. The van der Waals surface area contributed by atoms with Crippen LogP contribution in [0.2, 0.25) is 5.02 Å². The smallest absolute Gasteiger partial charge is 0.265 e. The Balaban J connectivity index is 2.68. The molecule has 19 heavy (non-hydrogen) atoms. The molecule has 0 atom stereocenters. The van der Waals surface area contributed by atoms with Crippen molar-refractivity contribution in [3.8, 4) is 5.75 Å². The molecule has 0 heterocycles. The van der Waals surface area contributed by atoms with Crippen LogP contribution in [-0.2, 0) is 4.79 Å². The Morgan fingerprint density at radius 2 is 1.95 bits per heavy atom. The van der Waals surface area contributed by atoms with E-state index >= 15 is 0 Å². The van der Waals surface area contributed by atoms with Crippen LogP contribution in [-0.4, -0.2) is 42.0 Å². The van der Waals surface area contributed by atoms with E-state index in [9.17, 15) is 4.79 Å². The summed E-state index contributed by atoms with van der Waals surface area (Å²) in [6.45, 7) is 4.27. The van der Waals surface area contributed by atoms with Crippen LogP contribution in [0.15, 0.2) is 24.3 Å². The van der Waals surface area contributed by atoms with E-state index in [1.165, 1.54) is 0 Å². The van der Waals surface area contributed by atoms with Crippen molar-refractivity contribution in [2.75, 3.05) is 25.6 Å². The molecule has 0 bridgehead atoms. The molecule has 5 heteroatoms. The molecular weight excluding hydrogens is 282 g/mol. The van der Waals surface area contributed by atoms with Crippen molar-refractivity contribution in [1.29, 1.82) is 0 Å². The topological polar surface area (TPSA) is 29.5 Å². The summed E-state index contributed by atoms with van der Waals surface area (Å²) in [5.41, 5.74) is -0.888. The van der Waals surface area contributed by atoms with Gasteiger partial charge in [0, 0.05) is 24.4 Å². The van der Waals surface area contributed by atoms with E-state index in [4.69, 9.17) is 16.3 Å². The zero-order valence-electron chi connectivity index (χ0n) is 11.8. The van der Waals surface area contributed by atoms with Gasteiger partial charge in [0.15, 0.2) is 5.60 Å². The summed E-state index contributed by atoms with van der Waals surface area (Å²) < 4.78 is 5.76. The standard InChI is InChI=1S/C14H20ClNO2S/c1-14(2,13(17)16(3)9-10-19-4)18-12-7-5-11(15)6-8-12/h5-8H,9-10H2,1-4H3. The van der Waals surface area contributed by atoms with Gasteiger partial charge in [0.2, 0.25) is 0 Å².